The SMILES string of the molecule is COc1ccc(Br)c(S(=O)(=O)NC2CCNCC2)c1. The van der Waals surface area contributed by atoms with Gasteiger partial charge >= 0.3 is 0 Å². The highest BCUT2D eigenvalue weighted by molar-refractivity contribution is 9.10. The second-order valence-corrected chi connectivity index (χ2v) is 6.98. The second kappa shape index (κ2) is 6.21. The molecule has 7 heteroatoms. The molecule has 0 spiro atoms. The van der Waals surface area contributed by atoms with Gasteiger partial charge in [-0.1, -0.05) is 0 Å². The molecule has 0 atom stereocenters. The summed E-state index contributed by atoms with van der Waals surface area (Å²) in [5.41, 5.74) is 0. The van der Waals surface area contributed by atoms with Crippen molar-refractivity contribution in [3.8, 4) is 5.75 Å². The van der Waals surface area contributed by atoms with Crippen molar-refractivity contribution in [1.82, 2.24) is 10.0 Å². The minimum atomic E-state index is -3.53. The lowest BCUT2D eigenvalue weighted by Crippen LogP contribution is -2.42. The van der Waals surface area contributed by atoms with E-state index in [0.29, 0.717) is 10.2 Å². The van der Waals surface area contributed by atoms with Crippen molar-refractivity contribution >= 4 is 26.0 Å². The molecule has 5 nitrogen and oxygen atoms in total. The quantitative estimate of drug-likeness (QED) is 0.864. The van der Waals surface area contributed by atoms with Gasteiger partial charge in [0.25, 0.3) is 0 Å². The molecule has 2 N–H and O–H groups in total. The highest BCUT2D eigenvalue weighted by Crippen LogP contribution is 2.27. The van der Waals surface area contributed by atoms with E-state index >= 15 is 0 Å². The normalized spacial score (nSPS) is 17.4. The maximum Gasteiger partial charge on any atom is 0.242 e. The third-order valence-corrected chi connectivity index (χ3v) is 5.60. The van der Waals surface area contributed by atoms with Gasteiger partial charge in [-0.15, -0.1) is 0 Å². The Morgan fingerprint density at radius 1 is 1.37 bits per heavy atom. The molecule has 0 aliphatic carbocycles. The first-order valence-electron chi connectivity index (χ1n) is 6.09. The van der Waals surface area contributed by atoms with E-state index in [1.54, 1.807) is 12.1 Å². The number of piperidine rings is 1. The van der Waals surface area contributed by atoms with Crippen LogP contribution in [0.4, 0.5) is 0 Å². The summed E-state index contributed by atoms with van der Waals surface area (Å²) >= 11 is 3.27. The molecule has 1 aromatic carbocycles. The van der Waals surface area contributed by atoms with E-state index in [1.165, 1.54) is 13.2 Å². The molecule has 1 aromatic rings. The number of halogens is 1. The van der Waals surface area contributed by atoms with Crippen LogP contribution in [0.2, 0.25) is 0 Å². The zero-order chi connectivity index (χ0) is 13.9. The number of rotatable bonds is 4. The van der Waals surface area contributed by atoms with Gasteiger partial charge in [0.1, 0.15) is 5.75 Å². The molecule has 0 radical (unpaired) electrons. The molecule has 0 bridgehead atoms. The molecule has 0 saturated carbocycles. The van der Waals surface area contributed by atoms with E-state index in [-0.39, 0.29) is 10.9 Å². The van der Waals surface area contributed by atoms with E-state index in [9.17, 15) is 8.42 Å². The van der Waals surface area contributed by atoms with Gasteiger partial charge in [0.2, 0.25) is 10.0 Å². The molecule has 0 aromatic heterocycles. The third-order valence-electron chi connectivity index (χ3n) is 3.09. The molecule has 0 amide bonds. The minimum Gasteiger partial charge on any atom is -0.497 e. The lowest BCUT2D eigenvalue weighted by molar-refractivity contribution is 0.412. The minimum absolute atomic E-state index is 0.00986. The van der Waals surface area contributed by atoms with Crippen LogP contribution in [-0.2, 0) is 10.0 Å². The van der Waals surface area contributed by atoms with Crippen LogP contribution in [0, 0.1) is 0 Å². The van der Waals surface area contributed by atoms with Crippen molar-refractivity contribution in [1.29, 1.82) is 0 Å². The van der Waals surface area contributed by atoms with Crippen molar-refractivity contribution in [2.45, 2.75) is 23.8 Å². The fraction of sp³-hybridized carbons (Fsp3) is 0.500. The number of hydrogen-bond donors (Lipinski definition) is 2. The summed E-state index contributed by atoms with van der Waals surface area (Å²) in [7, 11) is -2.01. The van der Waals surface area contributed by atoms with E-state index in [1.807, 2.05) is 0 Å². The van der Waals surface area contributed by atoms with Crippen LogP contribution in [-0.4, -0.2) is 34.7 Å². The van der Waals surface area contributed by atoms with Gasteiger partial charge in [0.15, 0.2) is 0 Å². The predicted molar refractivity (Wildman–Crippen MR) is 76.9 cm³/mol. The van der Waals surface area contributed by atoms with Crippen LogP contribution >= 0.6 is 15.9 Å². The first kappa shape index (κ1) is 14.8. The topological polar surface area (TPSA) is 67.4 Å². The number of nitrogens with one attached hydrogen (secondary N) is 2. The lowest BCUT2D eigenvalue weighted by Gasteiger charge is -2.23. The number of hydrogen-bond acceptors (Lipinski definition) is 4. The highest BCUT2D eigenvalue weighted by Gasteiger charge is 2.24. The maximum atomic E-state index is 12.4. The molecule has 1 aliphatic rings. The van der Waals surface area contributed by atoms with Crippen molar-refractivity contribution in [3.63, 3.8) is 0 Å². The lowest BCUT2D eigenvalue weighted by atomic mass is 10.1. The Hall–Kier alpha value is -0.630. The average Bonchev–Trinajstić information content (AvgIpc) is 2.39. The summed E-state index contributed by atoms with van der Waals surface area (Å²) in [6.45, 7) is 1.68. The first-order chi connectivity index (χ1) is 9.03. The molecule has 1 aliphatic heterocycles. The molecular weight excluding hydrogens is 332 g/mol. The number of benzene rings is 1. The Bertz CT molecular complexity index is 542. The van der Waals surface area contributed by atoms with Gasteiger partial charge in [-0.25, -0.2) is 13.1 Å². The zero-order valence-electron chi connectivity index (χ0n) is 10.6. The Morgan fingerprint density at radius 3 is 2.68 bits per heavy atom. The highest BCUT2D eigenvalue weighted by atomic mass is 79.9. The molecule has 106 valence electrons. The Kier molecular flexibility index (Phi) is 4.83. The van der Waals surface area contributed by atoms with Crippen molar-refractivity contribution in [3.05, 3.63) is 22.7 Å². The zero-order valence-corrected chi connectivity index (χ0v) is 13.1. The van der Waals surface area contributed by atoms with Gasteiger partial charge in [-0.2, -0.15) is 0 Å². The molecule has 2 rings (SSSR count). The van der Waals surface area contributed by atoms with E-state index in [0.717, 1.165) is 25.9 Å². The fourth-order valence-electron chi connectivity index (χ4n) is 2.04. The molecule has 0 unspecified atom stereocenters. The Balaban J connectivity index is 2.23. The summed E-state index contributed by atoms with van der Waals surface area (Å²) in [6.07, 6.45) is 1.61. The van der Waals surface area contributed by atoms with Gasteiger partial charge in [0.05, 0.1) is 12.0 Å². The van der Waals surface area contributed by atoms with Crippen LogP contribution in [0.25, 0.3) is 0 Å². The number of sulfonamides is 1. The summed E-state index contributed by atoms with van der Waals surface area (Å²) in [5.74, 6) is 0.522. The van der Waals surface area contributed by atoms with Crippen molar-refractivity contribution in [2.75, 3.05) is 20.2 Å². The number of methoxy groups -OCH3 is 1. The molecule has 1 saturated heterocycles. The van der Waals surface area contributed by atoms with Gasteiger partial charge < -0.3 is 10.1 Å². The van der Waals surface area contributed by atoms with Crippen LogP contribution in [0.15, 0.2) is 27.6 Å². The van der Waals surface area contributed by atoms with Gasteiger partial charge in [-0.3, -0.25) is 0 Å². The summed E-state index contributed by atoms with van der Waals surface area (Å²) < 4.78 is 33.1. The largest absolute Gasteiger partial charge is 0.497 e. The van der Waals surface area contributed by atoms with E-state index in [2.05, 4.69) is 26.0 Å². The summed E-state index contributed by atoms with van der Waals surface area (Å²) in [5, 5.41) is 3.21. The average molecular weight is 349 g/mol. The Labute approximate surface area is 121 Å². The molecule has 19 heavy (non-hydrogen) atoms. The second-order valence-electron chi connectivity index (χ2n) is 4.44. The van der Waals surface area contributed by atoms with Gasteiger partial charge in [-0.05, 0) is 54.0 Å². The van der Waals surface area contributed by atoms with Crippen molar-refractivity contribution < 1.29 is 13.2 Å². The maximum absolute atomic E-state index is 12.4. The smallest absolute Gasteiger partial charge is 0.242 e. The third kappa shape index (κ3) is 3.68. The van der Waals surface area contributed by atoms with Crippen LogP contribution in [0.1, 0.15) is 12.8 Å². The van der Waals surface area contributed by atoms with Gasteiger partial charge in [0, 0.05) is 16.6 Å². The standard InChI is InChI=1S/C12H17BrN2O3S/c1-18-10-2-3-11(13)12(8-10)19(16,17)15-9-4-6-14-7-5-9/h2-3,8-9,14-15H,4-7H2,1H3. The molecule has 1 fully saturated rings. The molecular formula is C12H17BrN2O3S. The van der Waals surface area contributed by atoms with Crippen LogP contribution in [0.3, 0.4) is 0 Å². The first-order valence-corrected chi connectivity index (χ1v) is 8.37. The summed E-state index contributed by atoms with van der Waals surface area (Å²) in [6, 6.07) is 4.90. The molecule has 1 heterocycles. The monoisotopic (exact) mass is 348 g/mol. The predicted octanol–water partition coefficient (Wildman–Crippen LogP) is 1.49. The van der Waals surface area contributed by atoms with Crippen LogP contribution in [0.5, 0.6) is 5.75 Å². The van der Waals surface area contributed by atoms with Crippen molar-refractivity contribution in [2.24, 2.45) is 0 Å². The fourth-order valence-corrected chi connectivity index (χ4v) is 4.32. The van der Waals surface area contributed by atoms with E-state index < -0.39 is 10.0 Å². The number of ether oxygens (including phenoxy) is 1. The van der Waals surface area contributed by atoms with Crippen LogP contribution < -0.4 is 14.8 Å². The van der Waals surface area contributed by atoms with E-state index in [4.69, 9.17) is 4.74 Å². The Morgan fingerprint density at radius 2 is 2.05 bits per heavy atom. The summed E-state index contributed by atoms with van der Waals surface area (Å²) in [4.78, 5) is 0.213.